The van der Waals surface area contributed by atoms with Gasteiger partial charge in [0.15, 0.2) is 5.96 Å². The number of thioether (sulfide) groups is 1. The molecule has 0 unspecified atom stereocenters. The van der Waals surface area contributed by atoms with E-state index in [4.69, 9.17) is 5.73 Å². The molecule has 0 aromatic carbocycles. The van der Waals surface area contributed by atoms with Crippen LogP contribution in [0.15, 0.2) is 4.99 Å². The number of rotatable bonds is 5. The standard InChI is InChI=1S/C9H19N3S/c1-7(2)13-6-5-11-9(10)12-8-3-4-8/h7-8H,3-6H2,1-2H3,(H3,10,11,12). The number of nitrogens with zero attached hydrogens (tertiary/aromatic N) is 1. The minimum Gasteiger partial charge on any atom is -0.370 e. The molecule has 0 aromatic rings. The monoisotopic (exact) mass is 201 g/mol. The summed E-state index contributed by atoms with van der Waals surface area (Å²) in [5.41, 5.74) is 5.66. The summed E-state index contributed by atoms with van der Waals surface area (Å²) in [5.74, 6) is 1.68. The van der Waals surface area contributed by atoms with Gasteiger partial charge in [-0.15, -0.1) is 0 Å². The van der Waals surface area contributed by atoms with Crippen molar-refractivity contribution in [1.29, 1.82) is 0 Å². The zero-order valence-corrected chi connectivity index (χ0v) is 9.23. The highest BCUT2D eigenvalue weighted by atomic mass is 32.2. The molecule has 1 fully saturated rings. The van der Waals surface area contributed by atoms with Gasteiger partial charge in [-0.2, -0.15) is 11.8 Å². The number of aliphatic imine (C=N–C) groups is 1. The van der Waals surface area contributed by atoms with Crippen LogP contribution in [0.3, 0.4) is 0 Å². The van der Waals surface area contributed by atoms with Crippen molar-refractivity contribution in [1.82, 2.24) is 5.32 Å². The van der Waals surface area contributed by atoms with Crippen molar-refractivity contribution in [3.8, 4) is 0 Å². The highest BCUT2D eigenvalue weighted by Gasteiger charge is 2.21. The van der Waals surface area contributed by atoms with E-state index < -0.39 is 0 Å². The minimum absolute atomic E-state index is 0.613. The van der Waals surface area contributed by atoms with Crippen LogP contribution in [0, 0.1) is 0 Å². The lowest BCUT2D eigenvalue weighted by molar-refractivity contribution is 0.885. The second-order valence-electron chi connectivity index (χ2n) is 3.61. The molecule has 76 valence electrons. The van der Waals surface area contributed by atoms with E-state index in [1.807, 2.05) is 11.8 Å². The first kappa shape index (κ1) is 10.7. The van der Waals surface area contributed by atoms with E-state index in [0.717, 1.165) is 12.3 Å². The lowest BCUT2D eigenvalue weighted by atomic mass is 10.6. The fourth-order valence-corrected chi connectivity index (χ4v) is 1.61. The Kier molecular flexibility index (Phi) is 4.42. The molecule has 0 aliphatic heterocycles. The predicted molar refractivity (Wildman–Crippen MR) is 60.2 cm³/mol. The molecule has 3 N–H and O–H groups in total. The zero-order valence-electron chi connectivity index (χ0n) is 8.42. The summed E-state index contributed by atoms with van der Waals surface area (Å²) in [6.45, 7) is 5.22. The van der Waals surface area contributed by atoms with E-state index in [1.54, 1.807) is 0 Å². The van der Waals surface area contributed by atoms with Gasteiger partial charge in [0.2, 0.25) is 0 Å². The molecular formula is C9H19N3S. The van der Waals surface area contributed by atoms with Crippen molar-refractivity contribution in [3.05, 3.63) is 0 Å². The summed E-state index contributed by atoms with van der Waals surface area (Å²) in [4.78, 5) is 4.24. The lowest BCUT2D eigenvalue weighted by Gasteiger charge is -2.04. The van der Waals surface area contributed by atoms with E-state index >= 15 is 0 Å². The molecule has 1 aliphatic rings. The Morgan fingerprint density at radius 1 is 1.62 bits per heavy atom. The maximum atomic E-state index is 5.66. The van der Waals surface area contributed by atoms with Crippen LogP contribution in [0.5, 0.6) is 0 Å². The molecule has 0 amide bonds. The first-order valence-electron chi connectivity index (χ1n) is 4.86. The number of hydrogen-bond acceptors (Lipinski definition) is 2. The molecular weight excluding hydrogens is 182 g/mol. The molecule has 3 nitrogen and oxygen atoms in total. The van der Waals surface area contributed by atoms with Crippen LogP contribution in [0.4, 0.5) is 0 Å². The van der Waals surface area contributed by atoms with Crippen LogP contribution in [0.1, 0.15) is 26.7 Å². The van der Waals surface area contributed by atoms with E-state index in [2.05, 4.69) is 24.2 Å². The molecule has 0 spiro atoms. The Balaban J connectivity index is 2.00. The highest BCUT2D eigenvalue weighted by molar-refractivity contribution is 7.99. The molecule has 0 atom stereocenters. The molecule has 0 bridgehead atoms. The van der Waals surface area contributed by atoms with Crippen LogP contribution in [-0.4, -0.2) is 29.5 Å². The third-order valence-electron chi connectivity index (χ3n) is 1.75. The minimum atomic E-state index is 0.613. The van der Waals surface area contributed by atoms with Crippen molar-refractivity contribution >= 4 is 17.7 Å². The maximum absolute atomic E-state index is 5.66. The Labute approximate surface area is 84.6 Å². The van der Waals surface area contributed by atoms with Crippen molar-refractivity contribution in [2.75, 3.05) is 12.3 Å². The number of hydrogen-bond donors (Lipinski definition) is 2. The average Bonchev–Trinajstić information content (AvgIpc) is 2.81. The topological polar surface area (TPSA) is 50.4 Å². The summed E-state index contributed by atoms with van der Waals surface area (Å²) in [7, 11) is 0. The Bertz CT molecular complexity index is 176. The molecule has 4 heteroatoms. The van der Waals surface area contributed by atoms with E-state index in [1.165, 1.54) is 12.8 Å². The highest BCUT2D eigenvalue weighted by Crippen LogP contribution is 2.17. The van der Waals surface area contributed by atoms with Crippen molar-refractivity contribution in [3.63, 3.8) is 0 Å². The van der Waals surface area contributed by atoms with Crippen LogP contribution >= 0.6 is 11.8 Å². The molecule has 1 saturated carbocycles. The van der Waals surface area contributed by atoms with Crippen molar-refractivity contribution < 1.29 is 0 Å². The van der Waals surface area contributed by atoms with Gasteiger partial charge < -0.3 is 11.1 Å². The fraction of sp³-hybridized carbons (Fsp3) is 0.889. The molecule has 0 saturated heterocycles. The average molecular weight is 201 g/mol. The van der Waals surface area contributed by atoms with Crippen LogP contribution in [0.25, 0.3) is 0 Å². The van der Waals surface area contributed by atoms with E-state index in [0.29, 0.717) is 17.3 Å². The number of nitrogens with two attached hydrogens (primary N) is 1. The second kappa shape index (κ2) is 5.37. The summed E-state index contributed by atoms with van der Waals surface area (Å²) in [5, 5.41) is 3.85. The molecule has 0 heterocycles. The molecule has 1 aliphatic carbocycles. The van der Waals surface area contributed by atoms with Gasteiger partial charge in [0.25, 0.3) is 0 Å². The largest absolute Gasteiger partial charge is 0.370 e. The second-order valence-corrected chi connectivity index (χ2v) is 5.29. The van der Waals surface area contributed by atoms with Crippen LogP contribution < -0.4 is 11.1 Å². The zero-order chi connectivity index (χ0) is 9.68. The predicted octanol–water partition coefficient (Wildman–Crippen LogP) is 1.19. The normalized spacial score (nSPS) is 17.9. The summed E-state index contributed by atoms with van der Waals surface area (Å²) < 4.78 is 0. The van der Waals surface area contributed by atoms with Gasteiger partial charge in [-0.05, 0) is 18.1 Å². The summed E-state index contributed by atoms with van der Waals surface area (Å²) in [6.07, 6.45) is 2.49. The molecule has 13 heavy (non-hydrogen) atoms. The molecule has 0 radical (unpaired) electrons. The quantitative estimate of drug-likeness (QED) is 0.399. The SMILES string of the molecule is CC(C)SCCN=C(N)NC1CC1. The number of guanidine groups is 1. The first-order chi connectivity index (χ1) is 6.18. The Hall–Kier alpha value is -0.380. The van der Waals surface area contributed by atoms with Gasteiger partial charge in [-0.3, -0.25) is 4.99 Å². The first-order valence-corrected chi connectivity index (χ1v) is 5.91. The summed E-state index contributed by atoms with van der Waals surface area (Å²) in [6, 6.07) is 0.613. The van der Waals surface area contributed by atoms with Gasteiger partial charge in [0.1, 0.15) is 0 Å². The van der Waals surface area contributed by atoms with Crippen molar-refractivity contribution in [2.24, 2.45) is 10.7 Å². The lowest BCUT2D eigenvalue weighted by Crippen LogP contribution is -2.33. The van der Waals surface area contributed by atoms with E-state index in [-0.39, 0.29) is 0 Å². The smallest absolute Gasteiger partial charge is 0.188 e. The summed E-state index contributed by atoms with van der Waals surface area (Å²) >= 11 is 1.92. The molecule has 0 aromatic heterocycles. The van der Waals surface area contributed by atoms with Gasteiger partial charge in [-0.1, -0.05) is 13.8 Å². The van der Waals surface area contributed by atoms with Gasteiger partial charge >= 0.3 is 0 Å². The third kappa shape index (κ3) is 5.80. The molecule has 1 rings (SSSR count). The Morgan fingerprint density at radius 3 is 2.85 bits per heavy atom. The fourth-order valence-electron chi connectivity index (χ4n) is 0.937. The third-order valence-corrected chi connectivity index (χ3v) is 2.84. The van der Waals surface area contributed by atoms with E-state index in [9.17, 15) is 0 Å². The van der Waals surface area contributed by atoms with Gasteiger partial charge in [-0.25, -0.2) is 0 Å². The van der Waals surface area contributed by atoms with Gasteiger partial charge in [0, 0.05) is 11.8 Å². The maximum Gasteiger partial charge on any atom is 0.188 e. The van der Waals surface area contributed by atoms with Gasteiger partial charge in [0.05, 0.1) is 6.54 Å². The van der Waals surface area contributed by atoms with Crippen LogP contribution in [-0.2, 0) is 0 Å². The van der Waals surface area contributed by atoms with Crippen LogP contribution in [0.2, 0.25) is 0 Å². The Morgan fingerprint density at radius 2 is 2.31 bits per heavy atom. The van der Waals surface area contributed by atoms with Crippen molar-refractivity contribution in [2.45, 2.75) is 38.0 Å². The number of nitrogens with one attached hydrogen (secondary N) is 1.